The summed E-state index contributed by atoms with van der Waals surface area (Å²) in [6.45, 7) is 3.93. The van der Waals surface area contributed by atoms with Gasteiger partial charge in [0.1, 0.15) is 11.6 Å². The lowest BCUT2D eigenvalue weighted by molar-refractivity contribution is -0.119. The van der Waals surface area contributed by atoms with Crippen molar-refractivity contribution in [3.05, 3.63) is 66.0 Å². The van der Waals surface area contributed by atoms with E-state index in [1.165, 1.54) is 0 Å². The van der Waals surface area contributed by atoms with Gasteiger partial charge in [0, 0.05) is 0 Å². The molecule has 29 heavy (non-hydrogen) atoms. The first-order valence-corrected chi connectivity index (χ1v) is 11.6. The minimum absolute atomic E-state index is 0.00764. The number of carbonyl (C=O) groups is 1. The topological polar surface area (TPSA) is 91.9 Å². The van der Waals surface area contributed by atoms with Crippen molar-refractivity contribution in [2.24, 2.45) is 5.92 Å². The number of H-pyrrole nitrogens is 1. The number of benzene rings is 2. The highest BCUT2D eigenvalue weighted by Crippen LogP contribution is 2.22. The summed E-state index contributed by atoms with van der Waals surface area (Å²) in [4.78, 5) is 20.2. The van der Waals surface area contributed by atoms with Crippen molar-refractivity contribution < 1.29 is 13.2 Å². The molecule has 0 bridgehead atoms. The Kier molecular flexibility index (Phi) is 6.69. The predicted molar refractivity (Wildman–Crippen MR) is 115 cm³/mol. The van der Waals surface area contributed by atoms with Crippen molar-refractivity contribution in [3.8, 4) is 0 Å². The maximum Gasteiger partial charge on any atom is 0.235 e. The molecular formula is C22H27N3O3S. The minimum atomic E-state index is -3.47. The largest absolute Gasteiger partial charge is 0.345 e. The number of sulfone groups is 1. The predicted octanol–water partition coefficient (Wildman–Crippen LogP) is 3.42. The third-order valence-electron chi connectivity index (χ3n) is 4.80. The molecular weight excluding hydrogens is 386 g/mol. The molecule has 3 aromatic rings. The third-order valence-corrected chi connectivity index (χ3v) is 6.41. The van der Waals surface area contributed by atoms with E-state index in [9.17, 15) is 13.2 Å². The summed E-state index contributed by atoms with van der Waals surface area (Å²) in [6, 6.07) is 17.0. The van der Waals surface area contributed by atoms with Gasteiger partial charge in [0.15, 0.2) is 9.84 Å². The Bertz CT molecular complexity index is 1030. The maximum absolute atomic E-state index is 12.5. The number of para-hydroxylation sites is 2. The first-order chi connectivity index (χ1) is 13.8. The van der Waals surface area contributed by atoms with Crippen LogP contribution in [0.2, 0.25) is 0 Å². The van der Waals surface area contributed by atoms with Crippen molar-refractivity contribution in [2.45, 2.75) is 32.7 Å². The molecule has 2 aromatic carbocycles. The lowest BCUT2D eigenvalue weighted by Gasteiger charge is -2.20. The van der Waals surface area contributed by atoms with Gasteiger partial charge in [-0.1, -0.05) is 56.3 Å². The van der Waals surface area contributed by atoms with Gasteiger partial charge in [-0.3, -0.25) is 4.79 Å². The summed E-state index contributed by atoms with van der Waals surface area (Å²) < 4.78 is 24.8. The molecule has 1 heterocycles. The van der Waals surface area contributed by atoms with Gasteiger partial charge in [0.25, 0.3) is 0 Å². The highest BCUT2D eigenvalue weighted by atomic mass is 32.2. The molecule has 0 unspecified atom stereocenters. The van der Waals surface area contributed by atoms with E-state index in [4.69, 9.17) is 0 Å². The second-order valence-corrected chi connectivity index (χ2v) is 9.79. The summed E-state index contributed by atoms with van der Waals surface area (Å²) in [5, 5.41) is 2.85. The molecule has 1 atom stereocenters. The van der Waals surface area contributed by atoms with Crippen molar-refractivity contribution in [3.63, 3.8) is 0 Å². The van der Waals surface area contributed by atoms with Gasteiger partial charge in [0.2, 0.25) is 5.91 Å². The molecule has 0 saturated heterocycles. The first kappa shape index (κ1) is 21.0. The van der Waals surface area contributed by atoms with Crippen LogP contribution in [0.15, 0.2) is 54.6 Å². The van der Waals surface area contributed by atoms with Crippen LogP contribution < -0.4 is 5.32 Å². The van der Waals surface area contributed by atoms with Crippen molar-refractivity contribution >= 4 is 26.8 Å². The summed E-state index contributed by atoms with van der Waals surface area (Å²) in [6.07, 6.45) is 1.17. The molecule has 2 N–H and O–H groups in total. The zero-order valence-electron chi connectivity index (χ0n) is 16.8. The third kappa shape index (κ3) is 5.90. The van der Waals surface area contributed by atoms with E-state index < -0.39 is 21.5 Å². The van der Waals surface area contributed by atoms with Gasteiger partial charge in [0.05, 0.1) is 22.8 Å². The highest BCUT2D eigenvalue weighted by molar-refractivity contribution is 7.92. The number of aromatic nitrogens is 2. The van der Waals surface area contributed by atoms with Crippen molar-refractivity contribution in [1.82, 2.24) is 15.3 Å². The molecule has 3 rings (SSSR count). The number of hydrogen-bond donors (Lipinski definition) is 2. The standard InChI is InChI=1S/C22H27N3O3S/c1-16(2)21(22-23-18-12-6-7-13-19(18)24-22)25-20(26)15-29(27,28)14-8-11-17-9-4-3-5-10-17/h3-7,9-10,12-13,16,21H,8,11,14-15H2,1-2H3,(H,23,24)(H,25,26)/t21-/m0/s1. The average molecular weight is 414 g/mol. The molecule has 0 saturated carbocycles. The van der Waals surface area contributed by atoms with E-state index in [0.29, 0.717) is 18.7 Å². The molecule has 1 aromatic heterocycles. The van der Waals surface area contributed by atoms with E-state index in [-0.39, 0.29) is 17.7 Å². The first-order valence-electron chi connectivity index (χ1n) is 9.82. The zero-order valence-corrected chi connectivity index (χ0v) is 17.6. The molecule has 154 valence electrons. The number of rotatable bonds is 9. The Morgan fingerprint density at radius 2 is 1.76 bits per heavy atom. The Hall–Kier alpha value is -2.67. The molecule has 7 heteroatoms. The Balaban J connectivity index is 1.59. The van der Waals surface area contributed by atoms with Crippen LogP contribution in [0.25, 0.3) is 11.0 Å². The van der Waals surface area contributed by atoms with Crippen LogP contribution in [0.1, 0.15) is 37.7 Å². The number of amides is 1. The van der Waals surface area contributed by atoms with Crippen LogP contribution in [0.4, 0.5) is 0 Å². The number of aromatic amines is 1. The maximum atomic E-state index is 12.5. The van der Waals surface area contributed by atoms with Crippen LogP contribution in [-0.2, 0) is 21.1 Å². The van der Waals surface area contributed by atoms with Gasteiger partial charge in [-0.05, 0) is 36.5 Å². The number of aryl methyl sites for hydroxylation is 1. The van der Waals surface area contributed by atoms with E-state index in [1.54, 1.807) is 0 Å². The monoisotopic (exact) mass is 413 g/mol. The number of carbonyl (C=O) groups excluding carboxylic acids is 1. The number of nitrogens with zero attached hydrogens (tertiary/aromatic N) is 1. The van der Waals surface area contributed by atoms with Crippen molar-refractivity contribution in [2.75, 3.05) is 11.5 Å². The molecule has 0 fully saturated rings. The van der Waals surface area contributed by atoms with Gasteiger partial charge < -0.3 is 10.3 Å². The Labute approximate surface area is 171 Å². The van der Waals surface area contributed by atoms with Crippen molar-refractivity contribution in [1.29, 1.82) is 0 Å². The van der Waals surface area contributed by atoms with Gasteiger partial charge in [-0.15, -0.1) is 0 Å². The molecule has 0 aliphatic rings. The number of imidazole rings is 1. The summed E-state index contributed by atoms with van der Waals surface area (Å²) in [7, 11) is -3.47. The second-order valence-electron chi connectivity index (χ2n) is 7.61. The molecule has 0 spiro atoms. The van der Waals surface area contributed by atoms with Crippen LogP contribution in [0.5, 0.6) is 0 Å². The average Bonchev–Trinajstić information content (AvgIpc) is 3.10. The van der Waals surface area contributed by atoms with Gasteiger partial charge in [-0.2, -0.15) is 0 Å². The molecule has 0 aliphatic carbocycles. The van der Waals surface area contributed by atoms with Gasteiger partial charge >= 0.3 is 0 Å². The Morgan fingerprint density at radius 3 is 2.45 bits per heavy atom. The van der Waals surface area contributed by atoms with E-state index in [0.717, 1.165) is 16.6 Å². The summed E-state index contributed by atoms with van der Waals surface area (Å²) >= 11 is 0. The van der Waals surface area contributed by atoms with Crippen LogP contribution >= 0.6 is 0 Å². The normalized spacial score (nSPS) is 12.9. The fraction of sp³-hybridized carbons (Fsp3) is 0.364. The number of nitrogens with one attached hydrogen (secondary N) is 2. The quantitative estimate of drug-likeness (QED) is 0.562. The fourth-order valence-corrected chi connectivity index (χ4v) is 4.51. The zero-order chi connectivity index (χ0) is 20.9. The molecule has 1 amide bonds. The Morgan fingerprint density at radius 1 is 1.07 bits per heavy atom. The molecule has 6 nitrogen and oxygen atoms in total. The SMILES string of the molecule is CC(C)[C@H](NC(=O)CS(=O)(=O)CCCc1ccccc1)c1nc2ccccc2[nH]1. The van der Waals surface area contributed by atoms with E-state index >= 15 is 0 Å². The van der Waals surface area contributed by atoms with E-state index in [2.05, 4.69) is 15.3 Å². The molecule has 0 aliphatic heterocycles. The lowest BCUT2D eigenvalue weighted by Crippen LogP contribution is -2.37. The summed E-state index contributed by atoms with van der Waals surface area (Å²) in [5.74, 6) is -0.322. The summed E-state index contributed by atoms with van der Waals surface area (Å²) in [5.41, 5.74) is 2.80. The minimum Gasteiger partial charge on any atom is -0.345 e. The smallest absolute Gasteiger partial charge is 0.235 e. The highest BCUT2D eigenvalue weighted by Gasteiger charge is 2.24. The second kappa shape index (κ2) is 9.22. The lowest BCUT2D eigenvalue weighted by atomic mass is 10.0. The van der Waals surface area contributed by atoms with Gasteiger partial charge in [-0.25, -0.2) is 13.4 Å². The number of hydrogen-bond acceptors (Lipinski definition) is 4. The fourth-order valence-electron chi connectivity index (χ4n) is 3.30. The van der Waals surface area contributed by atoms with Crippen LogP contribution in [-0.4, -0.2) is 35.8 Å². The van der Waals surface area contributed by atoms with Crippen LogP contribution in [0.3, 0.4) is 0 Å². The number of fused-ring (bicyclic) bond motifs is 1. The van der Waals surface area contributed by atoms with E-state index in [1.807, 2.05) is 68.4 Å². The molecule has 0 radical (unpaired) electrons. The van der Waals surface area contributed by atoms with Crippen LogP contribution in [0, 0.1) is 5.92 Å².